The Kier molecular flexibility index (Phi) is 6.01. The first-order chi connectivity index (χ1) is 16.9. The summed E-state index contributed by atoms with van der Waals surface area (Å²) in [6.07, 6.45) is 3.56. The summed E-state index contributed by atoms with van der Waals surface area (Å²) < 4.78 is 1.73. The number of hydrogen-bond acceptors (Lipinski definition) is 5. The molecule has 0 spiro atoms. The molecular formula is C28H25N5OS. The molecule has 0 aliphatic carbocycles. The molecule has 3 aromatic heterocycles. The van der Waals surface area contributed by atoms with E-state index in [0.717, 1.165) is 22.6 Å². The monoisotopic (exact) mass is 479 g/mol. The highest BCUT2D eigenvalue weighted by Gasteiger charge is 2.20. The maximum Gasteiger partial charge on any atom is 0.261 e. The number of nitrogens with one attached hydrogen (secondary N) is 1. The van der Waals surface area contributed by atoms with Gasteiger partial charge in [0, 0.05) is 23.3 Å². The van der Waals surface area contributed by atoms with Crippen molar-refractivity contribution in [2.45, 2.75) is 26.2 Å². The highest BCUT2D eigenvalue weighted by atomic mass is 32.1. The molecule has 0 unspecified atom stereocenters. The van der Waals surface area contributed by atoms with Gasteiger partial charge in [0.15, 0.2) is 5.13 Å². The van der Waals surface area contributed by atoms with Gasteiger partial charge in [0.2, 0.25) is 0 Å². The Balaban J connectivity index is 1.45. The van der Waals surface area contributed by atoms with Crippen LogP contribution in [0.1, 0.15) is 36.7 Å². The van der Waals surface area contributed by atoms with Crippen LogP contribution in [0.4, 0.5) is 5.13 Å². The van der Waals surface area contributed by atoms with Gasteiger partial charge in [-0.25, -0.2) is 9.67 Å². The molecule has 0 aliphatic heterocycles. The number of thiazole rings is 1. The lowest BCUT2D eigenvalue weighted by Crippen LogP contribution is -2.12. The van der Waals surface area contributed by atoms with Gasteiger partial charge in [-0.3, -0.25) is 15.1 Å². The van der Waals surface area contributed by atoms with Crippen molar-refractivity contribution in [3.05, 3.63) is 102 Å². The zero-order chi connectivity index (χ0) is 24.4. The quantitative estimate of drug-likeness (QED) is 0.308. The average Bonchev–Trinajstić information content (AvgIpc) is 3.53. The smallest absolute Gasteiger partial charge is 0.261 e. The Morgan fingerprint density at radius 3 is 2.37 bits per heavy atom. The molecule has 5 aromatic rings. The van der Waals surface area contributed by atoms with Crippen LogP contribution in [0.2, 0.25) is 0 Å². The van der Waals surface area contributed by atoms with Crippen LogP contribution < -0.4 is 5.32 Å². The van der Waals surface area contributed by atoms with E-state index < -0.39 is 0 Å². The van der Waals surface area contributed by atoms with Crippen molar-refractivity contribution in [3.63, 3.8) is 0 Å². The van der Waals surface area contributed by atoms with E-state index in [-0.39, 0.29) is 11.3 Å². The van der Waals surface area contributed by atoms with E-state index in [0.29, 0.717) is 16.4 Å². The highest BCUT2D eigenvalue weighted by Crippen LogP contribution is 2.29. The van der Waals surface area contributed by atoms with Crippen molar-refractivity contribution in [2.75, 3.05) is 5.32 Å². The van der Waals surface area contributed by atoms with Crippen LogP contribution in [0.3, 0.4) is 0 Å². The second-order valence-corrected chi connectivity index (χ2v) is 10.1. The number of para-hydroxylation sites is 1. The normalized spacial score (nSPS) is 11.4. The van der Waals surface area contributed by atoms with E-state index in [2.05, 4.69) is 42.1 Å². The lowest BCUT2D eigenvalue weighted by Gasteiger charge is -2.18. The van der Waals surface area contributed by atoms with Crippen LogP contribution in [0.5, 0.6) is 0 Å². The summed E-state index contributed by atoms with van der Waals surface area (Å²) in [4.78, 5) is 22.5. The van der Waals surface area contributed by atoms with Gasteiger partial charge in [-0.15, -0.1) is 11.3 Å². The van der Waals surface area contributed by atoms with Crippen molar-refractivity contribution >= 4 is 22.4 Å². The topological polar surface area (TPSA) is 72.7 Å². The first kappa shape index (κ1) is 22.7. The fourth-order valence-electron chi connectivity index (χ4n) is 3.71. The van der Waals surface area contributed by atoms with Crippen LogP contribution in [0.25, 0.3) is 28.3 Å². The third-order valence-electron chi connectivity index (χ3n) is 5.64. The predicted octanol–water partition coefficient (Wildman–Crippen LogP) is 6.61. The molecule has 0 aliphatic rings. The molecule has 0 saturated carbocycles. The minimum Gasteiger partial charge on any atom is -0.298 e. The largest absolute Gasteiger partial charge is 0.298 e. The zero-order valence-electron chi connectivity index (χ0n) is 19.8. The lowest BCUT2D eigenvalue weighted by atomic mass is 9.87. The number of anilines is 1. The minimum atomic E-state index is -0.261. The molecule has 6 nitrogen and oxygen atoms in total. The second kappa shape index (κ2) is 9.27. The number of nitrogens with zero attached hydrogens (tertiary/aromatic N) is 4. The van der Waals surface area contributed by atoms with Gasteiger partial charge in [-0.05, 0) is 35.2 Å². The highest BCUT2D eigenvalue weighted by molar-refractivity contribution is 7.14. The SMILES string of the molecule is CC(C)(C)c1ccnc(-c2csc(NC(=O)c3cn(-c4ccccc4)nc3-c3ccccc3)n2)c1. The van der Waals surface area contributed by atoms with Gasteiger partial charge in [0.05, 0.1) is 16.9 Å². The number of aromatic nitrogens is 4. The molecule has 0 saturated heterocycles. The summed E-state index contributed by atoms with van der Waals surface area (Å²) in [6, 6.07) is 23.5. The number of rotatable bonds is 5. The van der Waals surface area contributed by atoms with E-state index in [1.807, 2.05) is 72.1 Å². The van der Waals surface area contributed by atoms with Crippen molar-refractivity contribution < 1.29 is 4.79 Å². The number of carbonyl (C=O) groups is 1. The Morgan fingerprint density at radius 2 is 1.66 bits per heavy atom. The Morgan fingerprint density at radius 1 is 0.943 bits per heavy atom. The molecule has 0 atom stereocenters. The van der Waals surface area contributed by atoms with Crippen LogP contribution in [0.15, 0.2) is 90.6 Å². The van der Waals surface area contributed by atoms with Gasteiger partial charge >= 0.3 is 0 Å². The standard InChI is InChI=1S/C28H25N5OS/c1-28(2,3)20-14-15-29-23(16-20)24-18-35-27(30-24)31-26(34)22-17-33(21-12-8-5-9-13-21)32-25(22)19-10-6-4-7-11-19/h4-18H,1-3H3,(H,30,31,34). The average molecular weight is 480 g/mol. The first-order valence-corrected chi connectivity index (χ1v) is 12.2. The van der Waals surface area contributed by atoms with Crippen LogP contribution in [0, 0.1) is 0 Å². The molecule has 35 heavy (non-hydrogen) atoms. The first-order valence-electron chi connectivity index (χ1n) is 11.3. The summed E-state index contributed by atoms with van der Waals surface area (Å²) >= 11 is 1.38. The van der Waals surface area contributed by atoms with E-state index >= 15 is 0 Å². The van der Waals surface area contributed by atoms with Crippen molar-refractivity contribution in [3.8, 4) is 28.3 Å². The van der Waals surface area contributed by atoms with Gasteiger partial charge in [-0.1, -0.05) is 69.3 Å². The third kappa shape index (κ3) is 4.90. The third-order valence-corrected chi connectivity index (χ3v) is 6.40. The summed E-state index contributed by atoms with van der Waals surface area (Å²) in [7, 11) is 0. The van der Waals surface area contributed by atoms with Crippen LogP contribution in [-0.2, 0) is 5.41 Å². The van der Waals surface area contributed by atoms with Gasteiger partial charge in [0.1, 0.15) is 11.4 Å². The fraction of sp³-hybridized carbons (Fsp3) is 0.143. The molecule has 0 bridgehead atoms. The summed E-state index contributed by atoms with van der Waals surface area (Å²) in [5.74, 6) is -0.261. The molecule has 0 radical (unpaired) electrons. The minimum absolute atomic E-state index is 0.0114. The Bertz CT molecular complexity index is 1470. The number of benzene rings is 2. The maximum absolute atomic E-state index is 13.4. The van der Waals surface area contributed by atoms with Crippen LogP contribution >= 0.6 is 11.3 Å². The van der Waals surface area contributed by atoms with Gasteiger partial charge < -0.3 is 0 Å². The number of carbonyl (C=O) groups excluding carboxylic acids is 1. The second-order valence-electron chi connectivity index (χ2n) is 9.21. The van der Waals surface area contributed by atoms with Gasteiger partial charge in [0.25, 0.3) is 5.91 Å². The molecule has 174 valence electrons. The molecule has 1 N–H and O–H groups in total. The summed E-state index contributed by atoms with van der Waals surface area (Å²) in [6.45, 7) is 6.50. The van der Waals surface area contributed by atoms with E-state index in [1.54, 1.807) is 17.1 Å². The zero-order valence-corrected chi connectivity index (χ0v) is 20.6. The van der Waals surface area contributed by atoms with E-state index in [4.69, 9.17) is 5.10 Å². The number of hydrogen-bond donors (Lipinski definition) is 1. The molecular weight excluding hydrogens is 454 g/mol. The lowest BCUT2D eigenvalue weighted by molar-refractivity contribution is 0.102. The molecule has 5 rings (SSSR count). The van der Waals surface area contributed by atoms with Crippen LogP contribution in [-0.4, -0.2) is 25.7 Å². The summed E-state index contributed by atoms with van der Waals surface area (Å²) in [5, 5.41) is 10.1. The van der Waals surface area contributed by atoms with Crippen molar-refractivity contribution in [2.24, 2.45) is 0 Å². The maximum atomic E-state index is 13.4. The molecule has 3 heterocycles. The van der Waals surface area contributed by atoms with Crippen molar-refractivity contribution in [1.82, 2.24) is 19.7 Å². The molecule has 7 heteroatoms. The summed E-state index contributed by atoms with van der Waals surface area (Å²) in [5.41, 5.74) is 5.56. The van der Waals surface area contributed by atoms with Crippen molar-refractivity contribution in [1.29, 1.82) is 0 Å². The molecule has 1 amide bonds. The van der Waals surface area contributed by atoms with E-state index in [1.165, 1.54) is 16.9 Å². The number of pyridine rings is 1. The fourth-order valence-corrected chi connectivity index (χ4v) is 4.41. The molecule has 0 fully saturated rings. The Labute approximate surface area is 208 Å². The van der Waals surface area contributed by atoms with E-state index in [9.17, 15) is 4.79 Å². The Hall–Kier alpha value is -4.10. The predicted molar refractivity (Wildman–Crippen MR) is 141 cm³/mol. The number of amides is 1. The molecule has 2 aromatic carbocycles. The van der Waals surface area contributed by atoms with Gasteiger partial charge in [-0.2, -0.15) is 5.10 Å².